The number of aromatic hydroxyl groups is 2. The van der Waals surface area contributed by atoms with Gasteiger partial charge in [0, 0.05) is 45.8 Å². The van der Waals surface area contributed by atoms with Crippen LogP contribution in [0.15, 0.2) is 204 Å². The van der Waals surface area contributed by atoms with Crippen LogP contribution in [0, 0.1) is 14.9 Å². The van der Waals surface area contributed by atoms with Crippen molar-refractivity contribution in [3.05, 3.63) is 220 Å². The van der Waals surface area contributed by atoms with Crippen LogP contribution in [0.1, 0.15) is 36.8 Å². The quantitative estimate of drug-likeness (QED) is 0.118. The van der Waals surface area contributed by atoms with E-state index in [4.69, 9.17) is 9.98 Å². The van der Waals surface area contributed by atoms with Gasteiger partial charge in [-0.25, -0.2) is 0 Å². The second kappa shape index (κ2) is 21.6. The minimum absolute atomic E-state index is 0. The van der Waals surface area contributed by atoms with Crippen molar-refractivity contribution in [1.29, 1.82) is 0 Å². The average molecular weight is 982 g/mol. The molecule has 0 unspecified atom stereocenters. The fourth-order valence-electron chi connectivity index (χ4n) is 10.0. The van der Waals surface area contributed by atoms with Crippen LogP contribution in [0.25, 0.3) is 87.6 Å². The van der Waals surface area contributed by atoms with Crippen LogP contribution in [0.2, 0.25) is 0 Å². The SMILES string of the molecule is Oc1c(C=N[C@H]2CCCC[C@@H]2N=Cc2cc3ccccc3c(-c3c(-c4ccccc4)ccc4ccccc34)c2O)cc2ccccc2c1-c1c(-c2ccccc2)ccc2ccccc12.S.[CH3-].[CH3-].[Zr+2]. The fraction of sp³-hybridized carbons (Fsp3) is 0.0968. The van der Waals surface area contributed by atoms with Crippen LogP contribution in [0.4, 0.5) is 0 Å². The molecule has 0 spiro atoms. The van der Waals surface area contributed by atoms with Crippen molar-refractivity contribution in [1.82, 2.24) is 0 Å². The Morgan fingerprint density at radius 1 is 0.382 bits per heavy atom. The summed E-state index contributed by atoms with van der Waals surface area (Å²) in [7, 11) is 0. The van der Waals surface area contributed by atoms with Crippen molar-refractivity contribution in [2.24, 2.45) is 9.98 Å². The van der Waals surface area contributed by atoms with Gasteiger partial charge in [0.15, 0.2) is 0 Å². The summed E-state index contributed by atoms with van der Waals surface area (Å²) in [6.45, 7) is 0. The Kier molecular flexibility index (Phi) is 15.7. The molecule has 4 nitrogen and oxygen atoms in total. The number of hydrogen-bond donors (Lipinski definition) is 2. The molecule has 0 radical (unpaired) electrons. The van der Waals surface area contributed by atoms with Gasteiger partial charge in [-0.15, -0.1) is 0 Å². The van der Waals surface area contributed by atoms with E-state index in [1.54, 1.807) is 0 Å². The van der Waals surface area contributed by atoms with Crippen molar-refractivity contribution in [2.45, 2.75) is 37.8 Å². The molecule has 10 aromatic carbocycles. The summed E-state index contributed by atoms with van der Waals surface area (Å²) in [5.74, 6) is 0.424. The van der Waals surface area contributed by atoms with E-state index in [1.807, 2.05) is 48.8 Å². The van der Waals surface area contributed by atoms with Crippen LogP contribution in [0.3, 0.4) is 0 Å². The summed E-state index contributed by atoms with van der Waals surface area (Å²) in [6.07, 6.45) is 7.60. The van der Waals surface area contributed by atoms with E-state index >= 15 is 0 Å². The molecule has 2 N–H and O–H groups in total. The van der Waals surface area contributed by atoms with Crippen LogP contribution in [-0.2, 0) is 26.2 Å². The second-order valence-corrected chi connectivity index (χ2v) is 16.9. The Labute approximate surface area is 426 Å². The van der Waals surface area contributed by atoms with Gasteiger partial charge in [0.2, 0.25) is 0 Å². The third-order valence-electron chi connectivity index (χ3n) is 13.1. The van der Waals surface area contributed by atoms with E-state index in [0.717, 1.165) is 113 Å². The van der Waals surface area contributed by atoms with E-state index in [2.05, 4.69) is 158 Å². The summed E-state index contributed by atoms with van der Waals surface area (Å²) in [5.41, 5.74) is 9.27. The molecular weight excluding hydrogens is 928 g/mol. The number of benzene rings is 10. The molecule has 2 atom stereocenters. The van der Waals surface area contributed by atoms with Crippen molar-refractivity contribution in [2.75, 3.05) is 0 Å². The predicted molar refractivity (Wildman–Crippen MR) is 292 cm³/mol. The maximum Gasteiger partial charge on any atom is 2.00 e. The minimum Gasteiger partial charge on any atom is -0.507 e. The molecule has 1 aliphatic rings. The van der Waals surface area contributed by atoms with Gasteiger partial charge < -0.3 is 25.1 Å². The molecule has 0 bridgehead atoms. The number of nitrogens with zero attached hydrogens (tertiary/aromatic N) is 2. The van der Waals surface area contributed by atoms with Gasteiger partial charge in [-0.05, 0) is 90.3 Å². The summed E-state index contributed by atoms with van der Waals surface area (Å²) >= 11 is 0. The normalized spacial score (nSPS) is 14.6. The molecule has 1 aliphatic carbocycles. The zero-order valence-corrected chi connectivity index (χ0v) is 41.9. The zero-order chi connectivity index (χ0) is 43.0. The zero-order valence-electron chi connectivity index (χ0n) is 38.4. The average Bonchev–Trinajstić information content (AvgIpc) is 3.35. The maximum atomic E-state index is 12.5. The van der Waals surface area contributed by atoms with Crippen LogP contribution >= 0.6 is 13.5 Å². The van der Waals surface area contributed by atoms with E-state index in [0.29, 0.717) is 11.1 Å². The van der Waals surface area contributed by atoms with Crippen LogP contribution < -0.4 is 0 Å². The van der Waals surface area contributed by atoms with E-state index in [1.165, 1.54) is 0 Å². The Morgan fingerprint density at radius 3 is 1.09 bits per heavy atom. The Hall–Kier alpha value is -6.59. The van der Waals surface area contributed by atoms with Gasteiger partial charge in [0.1, 0.15) is 11.5 Å². The van der Waals surface area contributed by atoms with Crippen LogP contribution in [-0.4, -0.2) is 34.7 Å². The Balaban J connectivity index is 0.00000171. The summed E-state index contributed by atoms with van der Waals surface area (Å²) < 4.78 is 0. The molecule has 6 heteroatoms. The number of phenols is 2. The molecule has 1 fully saturated rings. The maximum absolute atomic E-state index is 12.5. The van der Waals surface area contributed by atoms with Gasteiger partial charge in [0.25, 0.3) is 0 Å². The van der Waals surface area contributed by atoms with E-state index < -0.39 is 0 Å². The molecule has 10 aromatic rings. The van der Waals surface area contributed by atoms with Gasteiger partial charge in [-0.1, -0.05) is 195 Å². The third kappa shape index (κ3) is 9.20. The monoisotopic (exact) mass is 980 g/mol. The number of rotatable bonds is 8. The number of fused-ring (bicyclic) bond motifs is 4. The summed E-state index contributed by atoms with van der Waals surface area (Å²) in [4.78, 5) is 10.5. The minimum atomic E-state index is -0.0958. The first-order valence-corrected chi connectivity index (χ1v) is 22.3. The predicted octanol–water partition coefficient (Wildman–Crippen LogP) is 16.2. The summed E-state index contributed by atoms with van der Waals surface area (Å²) in [6, 6.07) is 66.9. The first-order chi connectivity index (χ1) is 31.6. The standard InChI is InChI=1S/C60H46N2O2.2CH3.H2S.Zr/c63-59-45(35-43-23-9-13-27-49(43)57(59)55-47-25-11-7-21-41(47)31-33-51(55)39-17-3-1-4-18-39)37-61-53-29-15-16-30-54(53)62-38-46-36-44-24-10-14-28-50(44)58(60(46)64)56-48-26-12-8-22-42(48)32-34-52(56)40-19-5-2-6-20-40;;;;/h1-14,17-28,31-38,53-54,63-64H,15-16,29-30H2;2*1H3;1H2;/q;2*-1;;+2/t53-,54-;;;;/m0..../s1. The molecule has 334 valence electrons. The number of aliphatic imine (C=N–C) groups is 2. The van der Waals surface area contributed by atoms with E-state index in [-0.39, 0.29) is 78.1 Å². The Morgan fingerprint density at radius 2 is 0.706 bits per heavy atom. The van der Waals surface area contributed by atoms with Gasteiger partial charge in [-0.2, -0.15) is 13.5 Å². The second-order valence-electron chi connectivity index (χ2n) is 16.9. The molecule has 0 amide bonds. The summed E-state index contributed by atoms with van der Waals surface area (Å²) in [5, 5.41) is 33.4. The molecule has 68 heavy (non-hydrogen) atoms. The van der Waals surface area contributed by atoms with Gasteiger partial charge >= 0.3 is 26.2 Å². The van der Waals surface area contributed by atoms with Crippen LogP contribution in [0.5, 0.6) is 11.5 Å². The Bertz CT molecular complexity index is 3210. The number of hydrogen-bond acceptors (Lipinski definition) is 4. The first-order valence-electron chi connectivity index (χ1n) is 22.3. The topological polar surface area (TPSA) is 65.2 Å². The molecule has 0 aromatic heterocycles. The first kappa shape index (κ1) is 49.3. The van der Waals surface area contributed by atoms with Crippen molar-refractivity contribution in [3.63, 3.8) is 0 Å². The smallest absolute Gasteiger partial charge is 0.507 e. The van der Waals surface area contributed by atoms with Gasteiger partial charge in [0.05, 0.1) is 12.1 Å². The molecule has 0 aliphatic heterocycles. The molecule has 0 saturated heterocycles. The largest absolute Gasteiger partial charge is 2.00 e. The fourth-order valence-corrected chi connectivity index (χ4v) is 10.0. The van der Waals surface area contributed by atoms with Crippen molar-refractivity contribution >= 4 is 69.0 Å². The van der Waals surface area contributed by atoms with Gasteiger partial charge in [-0.3, -0.25) is 9.98 Å². The number of phenolic OH excluding ortho intramolecular Hbond substituents is 2. The molecular formula is C62H54N2O2SZr. The third-order valence-corrected chi connectivity index (χ3v) is 13.1. The molecule has 0 heterocycles. The molecule has 11 rings (SSSR count). The van der Waals surface area contributed by atoms with Crippen molar-refractivity contribution < 1.29 is 36.4 Å². The molecule has 1 saturated carbocycles. The van der Waals surface area contributed by atoms with Crippen molar-refractivity contribution in [3.8, 4) is 56.0 Å². The van der Waals surface area contributed by atoms with E-state index in [9.17, 15) is 10.2 Å².